The van der Waals surface area contributed by atoms with E-state index in [4.69, 9.17) is 14.0 Å². The molecule has 6 heteroatoms. The standard InChI is InChI=1S/C20H22N2O4/c1-12-5-7-17-15(9-12)16(22-26-17)11-20(23)21-13(2)14-6-8-18(24-3)19(10-14)25-4/h5-10,13H,11H2,1-4H3,(H,21,23). The molecule has 6 nitrogen and oxygen atoms in total. The van der Waals surface area contributed by atoms with Gasteiger partial charge >= 0.3 is 0 Å². The molecule has 0 radical (unpaired) electrons. The number of hydrogen-bond acceptors (Lipinski definition) is 5. The third kappa shape index (κ3) is 3.64. The van der Waals surface area contributed by atoms with Crippen molar-refractivity contribution in [1.82, 2.24) is 10.5 Å². The Morgan fingerprint density at radius 2 is 1.92 bits per heavy atom. The van der Waals surface area contributed by atoms with Crippen LogP contribution in [0, 0.1) is 6.92 Å². The highest BCUT2D eigenvalue weighted by atomic mass is 16.5. The molecular formula is C20H22N2O4. The predicted octanol–water partition coefficient (Wildman–Crippen LogP) is 3.57. The normalized spacial score (nSPS) is 12.0. The molecule has 26 heavy (non-hydrogen) atoms. The Labute approximate surface area is 152 Å². The van der Waals surface area contributed by atoms with Crippen LogP contribution < -0.4 is 14.8 Å². The summed E-state index contributed by atoms with van der Waals surface area (Å²) >= 11 is 0. The summed E-state index contributed by atoms with van der Waals surface area (Å²) in [6.45, 7) is 3.92. The summed E-state index contributed by atoms with van der Waals surface area (Å²) in [7, 11) is 3.18. The molecule has 1 N–H and O–H groups in total. The lowest BCUT2D eigenvalue weighted by molar-refractivity contribution is -0.121. The molecule has 2 aromatic carbocycles. The van der Waals surface area contributed by atoms with Crippen LogP contribution in [0.15, 0.2) is 40.9 Å². The second-order valence-electron chi connectivity index (χ2n) is 6.21. The molecule has 0 aliphatic carbocycles. The first-order chi connectivity index (χ1) is 12.5. The van der Waals surface area contributed by atoms with Gasteiger partial charge in [0.1, 0.15) is 5.69 Å². The van der Waals surface area contributed by atoms with E-state index in [0.29, 0.717) is 22.8 Å². The molecule has 1 heterocycles. The molecule has 0 aliphatic heterocycles. The molecule has 0 saturated carbocycles. The average molecular weight is 354 g/mol. The second-order valence-corrected chi connectivity index (χ2v) is 6.21. The molecule has 1 atom stereocenters. The van der Waals surface area contributed by atoms with Crippen molar-refractivity contribution in [3.63, 3.8) is 0 Å². The summed E-state index contributed by atoms with van der Waals surface area (Å²) in [5.74, 6) is 1.16. The number of fused-ring (bicyclic) bond motifs is 1. The number of carbonyl (C=O) groups is 1. The fourth-order valence-corrected chi connectivity index (χ4v) is 2.88. The van der Waals surface area contributed by atoms with Gasteiger partial charge in [-0.15, -0.1) is 0 Å². The first kappa shape index (κ1) is 17.8. The maximum atomic E-state index is 12.5. The summed E-state index contributed by atoms with van der Waals surface area (Å²) in [6, 6.07) is 11.2. The van der Waals surface area contributed by atoms with Gasteiger partial charge in [-0.3, -0.25) is 4.79 Å². The van der Waals surface area contributed by atoms with Gasteiger partial charge in [-0.2, -0.15) is 0 Å². The Kier molecular flexibility index (Phi) is 5.11. The summed E-state index contributed by atoms with van der Waals surface area (Å²) < 4.78 is 15.8. The van der Waals surface area contributed by atoms with Crippen LogP contribution in [0.2, 0.25) is 0 Å². The monoisotopic (exact) mass is 354 g/mol. The van der Waals surface area contributed by atoms with E-state index >= 15 is 0 Å². The van der Waals surface area contributed by atoms with Crippen LogP contribution in [0.25, 0.3) is 11.0 Å². The van der Waals surface area contributed by atoms with Gasteiger partial charge in [0.2, 0.25) is 5.91 Å². The molecule has 0 saturated heterocycles. The van der Waals surface area contributed by atoms with Crippen LogP contribution in [0.4, 0.5) is 0 Å². The van der Waals surface area contributed by atoms with Crippen molar-refractivity contribution in [3.05, 3.63) is 53.2 Å². The average Bonchev–Trinajstić information content (AvgIpc) is 3.02. The predicted molar refractivity (Wildman–Crippen MR) is 98.6 cm³/mol. The highest BCUT2D eigenvalue weighted by molar-refractivity contribution is 5.86. The van der Waals surface area contributed by atoms with Crippen LogP contribution in [0.3, 0.4) is 0 Å². The Balaban J connectivity index is 1.72. The van der Waals surface area contributed by atoms with Gasteiger partial charge in [0.05, 0.1) is 26.7 Å². The third-order valence-electron chi connectivity index (χ3n) is 4.31. The Hall–Kier alpha value is -3.02. The smallest absolute Gasteiger partial charge is 0.226 e. The third-order valence-corrected chi connectivity index (χ3v) is 4.31. The number of aromatic nitrogens is 1. The van der Waals surface area contributed by atoms with E-state index in [1.54, 1.807) is 14.2 Å². The zero-order valence-electron chi connectivity index (χ0n) is 15.3. The minimum Gasteiger partial charge on any atom is -0.493 e. The van der Waals surface area contributed by atoms with E-state index in [-0.39, 0.29) is 18.4 Å². The Morgan fingerprint density at radius 1 is 1.15 bits per heavy atom. The Bertz CT molecular complexity index is 933. The number of amides is 1. The van der Waals surface area contributed by atoms with Gasteiger partial charge in [0.25, 0.3) is 0 Å². The number of nitrogens with one attached hydrogen (secondary N) is 1. The Morgan fingerprint density at radius 3 is 2.65 bits per heavy atom. The molecule has 0 fully saturated rings. The minimum atomic E-state index is -0.179. The topological polar surface area (TPSA) is 73.6 Å². The van der Waals surface area contributed by atoms with Crippen LogP contribution in [0.5, 0.6) is 11.5 Å². The van der Waals surface area contributed by atoms with E-state index in [9.17, 15) is 4.79 Å². The first-order valence-electron chi connectivity index (χ1n) is 8.38. The highest BCUT2D eigenvalue weighted by Gasteiger charge is 2.16. The second kappa shape index (κ2) is 7.47. The van der Waals surface area contributed by atoms with Crippen molar-refractivity contribution in [2.24, 2.45) is 0 Å². The molecule has 0 aliphatic rings. The summed E-state index contributed by atoms with van der Waals surface area (Å²) in [6.07, 6.45) is 0.161. The quantitative estimate of drug-likeness (QED) is 0.732. The van der Waals surface area contributed by atoms with E-state index in [1.807, 2.05) is 50.2 Å². The molecular weight excluding hydrogens is 332 g/mol. The number of nitrogens with zero attached hydrogens (tertiary/aromatic N) is 1. The molecule has 3 aromatic rings. The van der Waals surface area contributed by atoms with Crippen LogP contribution >= 0.6 is 0 Å². The zero-order chi connectivity index (χ0) is 18.7. The molecule has 1 aromatic heterocycles. The lowest BCUT2D eigenvalue weighted by Gasteiger charge is -2.16. The number of hydrogen-bond donors (Lipinski definition) is 1. The van der Waals surface area contributed by atoms with Gasteiger partial charge in [-0.25, -0.2) is 0 Å². The van der Waals surface area contributed by atoms with Crippen molar-refractivity contribution in [3.8, 4) is 11.5 Å². The zero-order valence-corrected chi connectivity index (χ0v) is 15.3. The fourth-order valence-electron chi connectivity index (χ4n) is 2.88. The molecule has 3 rings (SSSR count). The lowest BCUT2D eigenvalue weighted by atomic mass is 10.1. The van der Waals surface area contributed by atoms with Crippen molar-refractivity contribution < 1.29 is 18.8 Å². The summed E-state index contributed by atoms with van der Waals surface area (Å²) in [5, 5.41) is 7.89. The van der Waals surface area contributed by atoms with Gasteiger partial charge in [-0.1, -0.05) is 22.9 Å². The van der Waals surface area contributed by atoms with Crippen LogP contribution in [-0.4, -0.2) is 25.3 Å². The maximum absolute atomic E-state index is 12.5. The van der Waals surface area contributed by atoms with Crippen molar-refractivity contribution in [2.75, 3.05) is 14.2 Å². The number of aryl methyl sites for hydroxylation is 1. The van der Waals surface area contributed by atoms with Crippen molar-refractivity contribution in [2.45, 2.75) is 26.3 Å². The van der Waals surface area contributed by atoms with Gasteiger partial charge < -0.3 is 19.3 Å². The largest absolute Gasteiger partial charge is 0.493 e. The number of carbonyl (C=O) groups excluding carboxylic acids is 1. The highest BCUT2D eigenvalue weighted by Crippen LogP contribution is 2.30. The van der Waals surface area contributed by atoms with E-state index < -0.39 is 0 Å². The van der Waals surface area contributed by atoms with Crippen molar-refractivity contribution in [1.29, 1.82) is 0 Å². The van der Waals surface area contributed by atoms with Crippen molar-refractivity contribution >= 4 is 16.9 Å². The van der Waals surface area contributed by atoms with E-state index in [1.165, 1.54) is 0 Å². The molecule has 0 spiro atoms. The van der Waals surface area contributed by atoms with E-state index in [0.717, 1.165) is 16.5 Å². The van der Waals surface area contributed by atoms with Crippen LogP contribution in [-0.2, 0) is 11.2 Å². The fraction of sp³-hybridized carbons (Fsp3) is 0.300. The molecule has 136 valence electrons. The van der Waals surface area contributed by atoms with Crippen LogP contribution in [0.1, 0.15) is 29.8 Å². The number of methoxy groups -OCH3 is 2. The number of rotatable bonds is 6. The first-order valence-corrected chi connectivity index (χ1v) is 8.38. The minimum absolute atomic E-state index is 0.121. The summed E-state index contributed by atoms with van der Waals surface area (Å²) in [4.78, 5) is 12.5. The van der Waals surface area contributed by atoms with Gasteiger partial charge in [-0.05, 0) is 43.7 Å². The molecule has 1 amide bonds. The lowest BCUT2D eigenvalue weighted by Crippen LogP contribution is -2.28. The van der Waals surface area contributed by atoms with Gasteiger partial charge in [0.15, 0.2) is 17.1 Å². The number of ether oxygens (including phenoxy) is 2. The van der Waals surface area contributed by atoms with Gasteiger partial charge in [0, 0.05) is 5.39 Å². The van der Waals surface area contributed by atoms with E-state index in [2.05, 4.69) is 10.5 Å². The summed E-state index contributed by atoms with van der Waals surface area (Å²) in [5.41, 5.74) is 3.35. The molecule has 1 unspecified atom stereocenters. The molecule has 0 bridgehead atoms. The SMILES string of the molecule is COc1ccc(C(C)NC(=O)Cc2noc3ccc(C)cc23)cc1OC. The maximum Gasteiger partial charge on any atom is 0.226 e. The number of benzene rings is 2.